The highest BCUT2D eigenvalue weighted by atomic mass is 35.5. The molecule has 3 rings (SSSR count). The molecule has 2 unspecified atom stereocenters. The SMILES string of the molecule is CC1(C)CC1NC1CCCc2sc(Cl)cc21. The van der Waals surface area contributed by atoms with Crippen molar-refractivity contribution >= 4 is 22.9 Å². The molecule has 1 nitrogen and oxygen atoms in total. The first kappa shape index (κ1) is 11.1. The molecule has 0 amide bonds. The second kappa shape index (κ2) is 3.72. The van der Waals surface area contributed by atoms with Crippen molar-refractivity contribution in [1.29, 1.82) is 0 Å². The van der Waals surface area contributed by atoms with Crippen molar-refractivity contribution in [2.75, 3.05) is 0 Å². The lowest BCUT2D eigenvalue weighted by Gasteiger charge is -2.24. The predicted octanol–water partition coefficient (Wildman–Crippen LogP) is 4.17. The summed E-state index contributed by atoms with van der Waals surface area (Å²) < 4.78 is 0.953. The van der Waals surface area contributed by atoms with Crippen LogP contribution in [0.3, 0.4) is 0 Å². The van der Waals surface area contributed by atoms with Crippen LogP contribution in [0, 0.1) is 5.41 Å². The third kappa shape index (κ3) is 1.92. The maximum absolute atomic E-state index is 6.12. The molecule has 88 valence electrons. The molecule has 1 fully saturated rings. The van der Waals surface area contributed by atoms with Crippen LogP contribution in [0.2, 0.25) is 4.34 Å². The van der Waals surface area contributed by atoms with E-state index in [0.29, 0.717) is 17.5 Å². The van der Waals surface area contributed by atoms with Crippen LogP contribution < -0.4 is 5.32 Å². The van der Waals surface area contributed by atoms with Crippen LogP contribution in [-0.4, -0.2) is 6.04 Å². The molecule has 1 saturated carbocycles. The van der Waals surface area contributed by atoms with Gasteiger partial charge < -0.3 is 5.32 Å². The van der Waals surface area contributed by atoms with Crippen LogP contribution in [0.1, 0.15) is 49.6 Å². The fourth-order valence-corrected chi connectivity index (χ4v) is 4.07. The van der Waals surface area contributed by atoms with Gasteiger partial charge in [-0.25, -0.2) is 0 Å². The number of hydrogen-bond donors (Lipinski definition) is 1. The van der Waals surface area contributed by atoms with E-state index < -0.39 is 0 Å². The zero-order chi connectivity index (χ0) is 11.3. The minimum atomic E-state index is 0.511. The smallest absolute Gasteiger partial charge is 0.0934 e. The van der Waals surface area contributed by atoms with Gasteiger partial charge in [-0.15, -0.1) is 11.3 Å². The molecule has 2 aliphatic rings. The number of rotatable bonds is 2. The van der Waals surface area contributed by atoms with Crippen molar-refractivity contribution in [2.24, 2.45) is 5.41 Å². The van der Waals surface area contributed by atoms with E-state index in [0.717, 1.165) is 4.34 Å². The molecule has 1 N–H and O–H groups in total. The average Bonchev–Trinajstić information content (AvgIpc) is 2.64. The molecule has 1 heterocycles. The first-order valence-corrected chi connectivity index (χ1v) is 7.30. The third-order valence-corrected chi connectivity index (χ3v) is 5.34. The Kier molecular flexibility index (Phi) is 2.58. The molecular weight excluding hydrogens is 238 g/mol. The second-order valence-corrected chi connectivity index (χ2v) is 7.55. The Bertz CT molecular complexity index is 410. The largest absolute Gasteiger partial charge is 0.307 e. The summed E-state index contributed by atoms with van der Waals surface area (Å²) in [5, 5.41) is 3.80. The van der Waals surface area contributed by atoms with Crippen molar-refractivity contribution in [2.45, 2.75) is 51.6 Å². The highest BCUT2D eigenvalue weighted by Crippen LogP contribution is 2.47. The summed E-state index contributed by atoms with van der Waals surface area (Å²) in [4.78, 5) is 1.51. The Morgan fingerprint density at radius 1 is 1.50 bits per heavy atom. The van der Waals surface area contributed by atoms with Crippen molar-refractivity contribution in [3.05, 3.63) is 20.8 Å². The first-order chi connectivity index (χ1) is 7.56. The van der Waals surface area contributed by atoms with E-state index in [4.69, 9.17) is 11.6 Å². The zero-order valence-corrected chi connectivity index (χ0v) is 11.4. The van der Waals surface area contributed by atoms with Gasteiger partial charge in [-0.05, 0) is 42.7 Å². The Hall–Kier alpha value is -0.0500. The number of thiophene rings is 1. The monoisotopic (exact) mass is 255 g/mol. The summed E-state index contributed by atoms with van der Waals surface area (Å²) in [7, 11) is 0. The number of hydrogen-bond acceptors (Lipinski definition) is 2. The molecule has 1 aromatic rings. The molecule has 0 aromatic carbocycles. The molecule has 0 bridgehead atoms. The molecule has 0 spiro atoms. The van der Waals surface area contributed by atoms with E-state index >= 15 is 0 Å². The lowest BCUT2D eigenvalue weighted by atomic mass is 9.94. The van der Waals surface area contributed by atoms with Gasteiger partial charge in [0, 0.05) is 17.0 Å². The van der Waals surface area contributed by atoms with Crippen LogP contribution in [0.5, 0.6) is 0 Å². The van der Waals surface area contributed by atoms with Gasteiger partial charge in [-0.1, -0.05) is 25.4 Å². The molecule has 16 heavy (non-hydrogen) atoms. The second-order valence-electron chi connectivity index (χ2n) is 5.79. The Morgan fingerprint density at radius 3 is 2.94 bits per heavy atom. The van der Waals surface area contributed by atoms with Gasteiger partial charge >= 0.3 is 0 Å². The summed E-state index contributed by atoms with van der Waals surface area (Å²) in [6.45, 7) is 4.68. The number of fused-ring (bicyclic) bond motifs is 1. The predicted molar refractivity (Wildman–Crippen MR) is 70.3 cm³/mol. The average molecular weight is 256 g/mol. The maximum atomic E-state index is 6.12. The fourth-order valence-electron chi connectivity index (χ4n) is 2.69. The minimum Gasteiger partial charge on any atom is -0.307 e. The van der Waals surface area contributed by atoms with E-state index in [1.807, 2.05) is 0 Å². The molecule has 0 radical (unpaired) electrons. The quantitative estimate of drug-likeness (QED) is 0.837. The highest BCUT2D eigenvalue weighted by Gasteiger charge is 2.46. The standard InChI is InChI=1S/C13H18ClNS/c1-13(2)7-11(13)15-9-4-3-5-10-8(9)6-12(14)16-10/h6,9,11,15H,3-5,7H2,1-2H3. The molecule has 2 atom stereocenters. The molecule has 0 saturated heterocycles. The van der Waals surface area contributed by atoms with Gasteiger partial charge in [0.05, 0.1) is 4.34 Å². The number of aryl methyl sites for hydroxylation is 1. The van der Waals surface area contributed by atoms with E-state index in [1.54, 1.807) is 11.3 Å². The molecule has 2 aliphatic carbocycles. The third-order valence-electron chi connectivity index (χ3n) is 4.00. The van der Waals surface area contributed by atoms with E-state index in [2.05, 4.69) is 25.2 Å². The number of halogens is 1. The normalized spacial score (nSPS) is 31.2. The summed E-state index contributed by atoms with van der Waals surface area (Å²) in [5.41, 5.74) is 1.99. The Balaban J connectivity index is 1.77. The van der Waals surface area contributed by atoms with Gasteiger partial charge in [0.2, 0.25) is 0 Å². The van der Waals surface area contributed by atoms with Gasteiger partial charge in [0.25, 0.3) is 0 Å². The first-order valence-electron chi connectivity index (χ1n) is 6.10. The molecule has 3 heteroatoms. The molecular formula is C13H18ClNS. The van der Waals surface area contributed by atoms with Gasteiger partial charge in [-0.3, -0.25) is 0 Å². The minimum absolute atomic E-state index is 0.511. The van der Waals surface area contributed by atoms with Crippen LogP contribution in [0.4, 0.5) is 0 Å². The zero-order valence-electron chi connectivity index (χ0n) is 9.85. The molecule has 1 aromatic heterocycles. The van der Waals surface area contributed by atoms with Crippen LogP contribution in [0.15, 0.2) is 6.07 Å². The summed E-state index contributed by atoms with van der Waals surface area (Å²) in [5.74, 6) is 0. The maximum Gasteiger partial charge on any atom is 0.0934 e. The van der Waals surface area contributed by atoms with Gasteiger partial charge in [0.15, 0.2) is 0 Å². The van der Waals surface area contributed by atoms with Gasteiger partial charge in [0.1, 0.15) is 0 Å². The Labute approximate surface area is 106 Å². The van der Waals surface area contributed by atoms with E-state index in [9.17, 15) is 0 Å². The van der Waals surface area contributed by atoms with Crippen molar-refractivity contribution in [1.82, 2.24) is 5.32 Å². The van der Waals surface area contributed by atoms with E-state index in [1.165, 1.54) is 36.1 Å². The highest BCUT2D eigenvalue weighted by molar-refractivity contribution is 7.16. The lowest BCUT2D eigenvalue weighted by Crippen LogP contribution is -2.28. The van der Waals surface area contributed by atoms with E-state index in [-0.39, 0.29) is 0 Å². The summed E-state index contributed by atoms with van der Waals surface area (Å²) in [6, 6.07) is 3.44. The van der Waals surface area contributed by atoms with Crippen molar-refractivity contribution < 1.29 is 0 Å². The summed E-state index contributed by atoms with van der Waals surface area (Å²) >= 11 is 7.88. The lowest BCUT2D eigenvalue weighted by molar-refractivity contribution is 0.426. The van der Waals surface area contributed by atoms with Crippen molar-refractivity contribution in [3.8, 4) is 0 Å². The van der Waals surface area contributed by atoms with Gasteiger partial charge in [-0.2, -0.15) is 0 Å². The van der Waals surface area contributed by atoms with Crippen LogP contribution in [0.25, 0.3) is 0 Å². The molecule has 0 aliphatic heterocycles. The number of nitrogens with one attached hydrogen (secondary N) is 1. The van der Waals surface area contributed by atoms with Crippen molar-refractivity contribution in [3.63, 3.8) is 0 Å². The van der Waals surface area contributed by atoms with Crippen LogP contribution >= 0.6 is 22.9 Å². The summed E-state index contributed by atoms with van der Waals surface area (Å²) in [6.07, 6.45) is 5.11. The Morgan fingerprint density at radius 2 is 2.25 bits per heavy atom. The topological polar surface area (TPSA) is 12.0 Å². The fraction of sp³-hybridized carbons (Fsp3) is 0.692. The van der Waals surface area contributed by atoms with Crippen LogP contribution in [-0.2, 0) is 6.42 Å².